The lowest BCUT2D eigenvalue weighted by molar-refractivity contribution is -0.129. The quantitative estimate of drug-likeness (QED) is 0.693. The summed E-state index contributed by atoms with van der Waals surface area (Å²) in [7, 11) is 0. The van der Waals surface area contributed by atoms with Crippen molar-refractivity contribution in [2.75, 3.05) is 31.9 Å². The Morgan fingerprint density at radius 2 is 1.86 bits per heavy atom. The highest BCUT2D eigenvalue weighted by Gasteiger charge is 2.26. The number of nitrogens with zero attached hydrogens (tertiary/aromatic N) is 4. The fourth-order valence-corrected chi connectivity index (χ4v) is 4.25. The van der Waals surface area contributed by atoms with Gasteiger partial charge in [-0.15, -0.1) is 0 Å². The zero-order chi connectivity index (χ0) is 20.3. The topological polar surface area (TPSA) is 71.6 Å². The summed E-state index contributed by atoms with van der Waals surface area (Å²) in [6, 6.07) is 3.37. The summed E-state index contributed by atoms with van der Waals surface area (Å²) >= 11 is 1.50. The Morgan fingerprint density at radius 1 is 1.18 bits per heavy atom. The number of furan rings is 1. The molecule has 0 N–H and O–H groups in total. The van der Waals surface area contributed by atoms with Crippen molar-refractivity contribution in [1.82, 2.24) is 19.4 Å². The highest BCUT2D eigenvalue weighted by atomic mass is 32.2. The molecule has 8 heteroatoms. The first-order chi connectivity index (χ1) is 13.4. The van der Waals surface area contributed by atoms with Gasteiger partial charge in [0, 0.05) is 38.4 Å². The van der Waals surface area contributed by atoms with Gasteiger partial charge in [-0.3, -0.25) is 9.59 Å². The average molecular weight is 405 g/mol. The Hall–Kier alpha value is -2.22. The Labute approximate surface area is 170 Å². The number of aromatic nitrogens is 2. The predicted molar refractivity (Wildman–Crippen MR) is 108 cm³/mol. The molecule has 152 valence electrons. The lowest BCUT2D eigenvalue weighted by Gasteiger charge is -2.34. The Bertz CT molecular complexity index is 821. The number of imidazole rings is 1. The van der Waals surface area contributed by atoms with Crippen LogP contribution in [-0.2, 0) is 11.3 Å². The average Bonchev–Trinajstić information content (AvgIpc) is 3.30. The smallest absolute Gasteiger partial charge is 0.289 e. The maximum Gasteiger partial charge on any atom is 0.289 e. The van der Waals surface area contributed by atoms with Crippen LogP contribution in [0.2, 0.25) is 0 Å². The third-order valence-corrected chi connectivity index (χ3v) is 5.91. The molecule has 2 amide bonds. The van der Waals surface area contributed by atoms with Gasteiger partial charge < -0.3 is 18.8 Å². The van der Waals surface area contributed by atoms with Gasteiger partial charge in [0.15, 0.2) is 10.9 Å². The van der Waals surface area contributed by atoms with Gasteiger partial charge in [-0.1, -0.05) is 25.6 Å². The SMILES string of the molecule is Cc1nc(SCC(=O)N2CCN(C(=O)c3ccco3)CC2)n(CC(C)C)c1C. The summed E-state index contributed by atoms with van der Waals surface area (Å²) in [6.07, 6.45) is 1.50. The molecule has 28 heavy (non-hydrogen) atoms. The summed E-state index contributed by atoms with van der Waals surface area (Å²) in [5.74, 6) is 1.19. The maximum absolute atomic E-state index is 12.6. The van der Waals surface area contributed by atoms with Gasteiger partial charge in [0.05, 0.1) is 17.7 Å². The van der Waals surface area contributed by atoms with Gasteiger partial charge in [0.25, 0.3) is 5.91 Å². The Morgan fingerprint density at radius 3 is 2.46 bits per heavy atom. The van der Waals surface area contributed by atoms with Gasteiger partial charge in [0.2, 0.25) is 5.91 Å². The minimum atomic E-state index is -0.117. The lowest BCUT2D eigenvalue weighted by atomic mass is 10.2. The van der Waals surface area contributed by atoms with Crippen LogP contribution in [0, 0.1) is 19.8 Å². The monoisotopic (exact) mass is 404 g/mol. The van der Waals surface area contributed by atoms with Crippen molar-refractivity contribution in [3.8, 4) is 0 Å². The van der Waals surface area contributed by atoms with E-state index >= 15 is 0 Å². The second kappa shape index (κ2) is 8.86. The van der Waals surface area contributed by atoms with Crippen LogP contribution in [0.25, 0.3) is 0 Å². The molecule has 0 spiro atoms. The number of rotatable bonds is 6. The molecule has 0 aromatic carbocycles. The van der Waals surface area contributed by atoms with E-state index in [2.05, 4.69) is 30.3 Å². The Kier molecular flexibility index (Phi) is 6.49. The first-order valence-electron chi connectivity index (χ1n) is 9.64. The number of hydrogen-bond donors (Lipinski definition) is 0. The minimum absolute atomic E-state index is 0.0875. The van der Waals surface area contributed by atoms with E-state index in [4.69, 9.17) is 4.42 Å². The first-order valence-corrected chi connectivity index (χ1v) is 10.6. The molecule has 0 saturated carbocycles. The summed E-state index contributed by atoms with van der Waals surface area (Å²) in [5, 5.41) is 0.906. The molecule has 0 atom stereocenters. The van der Waals surface area contributed by atoms with Crippen molar-refractivity contribution in [2.45, 2.75) is 39.4 Å². The van der Waals surface area contributed by atoms with Crippen LogP contribution >= 0.6 is 11.8 Å². The van der Waals surface area contributed by atoms with Crippen LogP contribution in [-0.4, -0.2) is 63.1 Å². The van der Waals surface area contributed by atoms with Crippen LogP contribution in [0.5, 0.6) is 0 Å². The van der Waals surface area contributed by atoms with Gasteiger partial charge in [-0.25, -0.2) is 4.98 Å². The number of hydrogen-bond acceptors (Lipinski definition) is 5. The summed E-state index contributed by atoms with van der Waals surface area (Å²) in [4.78, 5) is 33.2. The molecule has 3 heterocycles. The van der Waals surface area contributed by atoms with Gasteiger partial charge >= 0.3 is 0 Å². The van der Waals surface area contributed by atoms with Crippen molar-refractivity contribution < 1.29 is 14.0 Å². The molecule has 1 fully saturated rings. The lowest BCUT2D eigenvalue weighted by Crippen LogP contribution is -2.51. The number of carbonyl (C=O) groups is 2. The third-order valence-electron chi connectivity index (χ3n) is 4.95. The summed E-state index contributed by atoms with van der Waals surface area (Å²) in [6.45, 7) is 11.5. The highest BCUT2D eigenvalue weighted by molar-refractivity contribution is 7.99. The largest absolute Gasteiger partial charge is 0.459 e. The van der Waals surface area contributed by atoms with E-state index in [0.717, 1.165) is 23.1 Å². The summed E-state index contributed by atoms with van der Waals surface area (Å²) in [5.41, 5.74) is 2.18. The molecule has 1 aliphatic heterocycles. The predicted octanol–water partition coefficient (Wildman–Crippen LogP) is 2.83. The molecule has 0 bridgehead atoms. The fourth-order valence-electron chi connectivity index (χ4n) is 3.25. The number of piperazine rings is 1. The molecular formula is C20H28N4O3S. The van der Waals surface area contributed by atoms with Gasteiger partial charge in [0.1, 0.15) is 0 Å². The van der Waals surface area contributed by atoms with Gasteiger partial charge in [-0.2, -0.15) is 0 Å². The van der Waals surface area contributed by atoms with Crippen LogP contribution in [0.4, 0.5) is 0 Å². The zero-order valence-corrected chi connectivity index (χ0v) is 17.8. The van der Waals surface area contributed by atoms with Crippen LogP contribution in [0.3, 0.4) is 0 Å². The van der Waals surface area contributed by atoms with Crippen molar-refractivity contribution >= 4 is 23.6 Å². The molecule has 3 rings (SSSR count). The van der Waals surface area contributed by atoms with Crippen molar-refractivity contribution in [3.05, 3.63) is 35.5 Å². The molecule has 2 aromatic rings. The second-order valence-corrected chi connectivity index (χ2v) is 8.45. The van der Waals surface area contributed by atoms with Crippen LogP contribution < -0.4 is 0 Å². The van der Waals surface area contributed by atoms with E-state index in [9.17, 15) is 9.59 Å². The van der Waals surface area contributed by atoms with E-state index in [-0.39, 0.29) is 11.8 Å². The number of amides is 2. The fraction of sp³-hybridized carbons (Fsp3) is 0.550. The maximum atomic E-state index is 12.6. The molecule has 0 unspecified atom stereocenters. The number of thioether (sulfide) groups is 1. The standard InChI is InChI=1S/C20H28N4O3S/c1-14(2)12-24-16(4)15(3)21-20(24)28-13-18(25)22-7-9-23(10-8-22)19(26)17-6-5-11-27-17/h5-6,11,14H,7-10,12-13H2,1-4H3. The van der Waals surface area contributed by atoms with Gasteiger partial charge in [-0.05, 0) is 31.9 Å². The molecule has 1 saturated heterocycles. The van der Waals surface area contributed by atoms with E-state index in [1.165, 1.54) is 18.0 Å². The first kappa shape index (κ1) is 20.5. The number of aryl methyl sites for hydroxylation is 1. The van der Waals surface area contributed by atoms with E-state index in [1.807, 2.05) is 11.8 Å². The third kappa shape index (κ3) is 4.60. The highest BCUT2D eigenvalue weighted by Crippen LogP contribution is 2.23. The normalized spacial score (nSPS) is 14.8. The molecule has 7 nitrogen and oxygen atoms in total. The Balaban J connectivity index is 1.53. The molecule has 0 aliphatic carbocycles. The van der Waals surface area contributed by atoms with Crippen molar-refractivity contribution in [3.63, 3.8) is 0 Å². The summed E-state index contributed by atoms with van der Waals surface area (Å²) < 4.78 is 7.38. The molecule has 1 aliphatic rings. The van der Waals surface area contributed by atoms with Crippen molar-refractivity contribution in [1.29, 1.82) is 0 Å². The van der Waals surface area contributed by atoms with Crippen LogP contribution in [0.15, 0.2) is 28.0 Å². The van der Waals surface area contributed by atoms with Crippen LogP contribution in [0.1, 0.15) is 35.8 Å². The van der Waals surface area contributed by atoms with Crippen molar-refractivity contribution in [2.24, 2.45) is 5.92 Å². The van der Waals surface area contributed by atoms with E-state index in [1.54, 1.807) is 17.0 Å². The molecule has 0 radical (unpaired) electrons. The number of carbonyl (C=O) groups excluding carboxylic acids is 2. The second-order valence-electron chi connectivity index (χ2n) is 7.51. The molecular weight excluding hydrogens is 376 g/mol. The van der Waals surface area contributed by atoms with E-state index in [0.29, 0.717) is 43.6 Å². The minimum Gasteiger partial charge on any atom is -0.459 e. The zero-order valence-electron chi connectivity index (χ0n) is 17.0. The van der Waals surface area contributed by atoms with E-state index < -0.39 is 0 Å². The molecule has 2 aromatic heterocycles.